The Balaban J connectivity index is 3.16. The van der Waals surface area contributed by atoms with E-state index < -0.39 is 0 Å². The monoisotopic (exact) mass is 267 g/mol. The van der Waals surface area contributed by atoms with Crippen molar-refractivity contribution in [3.63, 3.8) is 0 Å². The average molecular weight is 268 g/mol. The van der Waals surface area contributed by atoms with Crippen LogP contribution in [0.25, 0.3) is 0 Å². The summed E-state index contributed by atoms with van der Waals surface area (Å²) < 4.78 is 0. The number of rotatable bonds is 4. The molecule has 0 saturated heterocycles. The van der Waals surface area contributed by atoms with E-state index in [1.54, 1.807) is 0 Å². The third-order valence-electron chi connectivity index (χ3n) is 3.32. The van der Waals surface area contributed by atoms with Gasteiger partial charge in [0.1, 0.15) is 0 Å². The molecule has 0 aliphatic heterocycles. The minimum absolute atomic E-state index is 0.195. The Hall–Kier alpha value is -0.530. The topological polar surface area (TPSA) is 12.0 Å². The van der Waals surface area contributed by atoms with Crippen LogP contribution < -0.4 is 5.32 Å². The Morgan fingerprint density at radius 3 is 2.28 bits per heavy atom. The van der Waals surface area contributed by atoms with Gasteiger partial charge in [-0.15, -0.1) is 0 Å². The lowest BCUT2D eigenvalue weighted by atomic mass is 9.80. The zero-order valence-electron chi connectivity index (χ0n) is 12.5. The second-order valence-electron chi connectivity index (χ2n) is 6.21. The molecule has 0 radical (unpaired) electrons. The van der Waals surface area contributed by atoms with Crippen LogP contribution in [0.15, 0.2) is 12.1 Å². The van der Waals surface area contributed by atoms with Crippen LogP contribution in [-0.4, -0.2) is 6.54 Å². The van der Waals surface area contributed by atoms with Gasteiger partial charge in [-0.25, -0.2) is 0 Å². The van der Waals surface area contributed by atoms with Crippen LogP contribution in [0.3, 0.4) is 0 Å². The lowest BCUT2D eigenvalue weighted by Crippen LogP contribution is -2.33. The maximum absolute atomic E-state index is 6.19. The minimum Gasteiger partial charge on any atom is -0.309 e. The first kappa shape index (κ1) is 15.5. The number of halogens is 1. The summed E-state index contributed by atoms with van der Waals surface area (Å²) in [5.41, 5.74) is 4.00. The number of hydrogen-bond acceptors (Lipinski definition) is 1. The molecule has 18 heavy (non-hydrogen) atoms. The SMILES string of the molecule is CCCNC(c1cc(C)c(Cl)cc1C)C(C)(C)C. The number of nitrogens with one attached hydrogen (secondary N) is 1. The highest BCUT2D eigenvalue weighted by molar-refractivity contribution is 6.31. The molecule has 1 unspecified atom stereocenters. The van der Waals surface area contributed by atoms with Crippen LogP contribution >= 0.6 is 11.6 Å². The standard InChI is InChI=1S/C16H26ClN/c1-7-8-18-15(16(4,5)6)13-9-12(3)14(17)10-11(13)2/h9-10,15,18H,7-8H2,1-6H3. The van der Waals surface area contributed by atoms with Crippen molar-refractivity contribution in [2.24, 2.45) is 5.41 Å². The van der Waals surface area contributed by atoms with Gasteiger partial charge in [-0.1, -0.05) is 45.4 Å². The lowest BCUT2D eigenvalue weighted by molar-refractivity contribution is 0.272. The van der Waals surface area contributed by atoms with Crippen molar-refractivity contribution < 1.29 is 0 Å². The molecule has 1 rings (SSSR count). The Bertz CT molecular complexity index is 404. The van der Waals surface area contributed by atoms with Crippen LogP contribution in [0.2, 0.25) is 5.02 Å². The van der Waals surface area contributed by atoms with Gasteiger partial charge in [0.05, 0.1) is 0 Å². The molecule has 0 aliphatic rings. The highest BCUT2D eigenvalue weighted by Gasteiger charge is 2.27. The Morgan fingerprint density at radius 2 is 1.78 bits per heavy atom. The molecule has 1 atom stereocenters. The summed E-state index contributed by atoms with van der Waals surface area (Å²) in [6, 6.07) is 4.68. The number of hydrogen-bond donors (Lipinski definition) is 1. The van der Waals surface area contributed by atoms with E-state index in [4.69, 9.17) is 11.6 Å². The first-order valence-corrected chi connectivity index (χ1v) is 7.15. The lowest BCUT2D eigenvalue weighted by Gasteiger charge is -2.33. The molecule has 0 aliphatic carbocycles. The van der Waals surface area contributed by atoms with Gasteiger partial charge in [0.25, 0.3) is 0 Å². The largest absolute Gasteiger partial charge is 0.309 e. The zero-order valence-corrected chi connectivity index (χ0v) is 13.3. The minimum atomic E-state index is 0.195. The van der Waals surface area contributed by atoms with E-state index in [1.807, 2.05) is 0 Å². The van der Waals surface area contributed by atoms with Gasteiger partial charge in [0, 0.05) is 11.1 Å². The van der Waals surface area contributed by atoms with Crippen LogP contribution in [0.5, 0.6) is 0 Å². The van der Waals surface area contributed by atoms with Gasteiger partial charge >= 0.3 is 0 Å². The first-order chi connectivity index (χ1) is 8.27. The molecular formula is C16H26ClN. The molecule has 1 aromatic carbocycles. The normalized spacial score (nSPS) is 13.7. The van der Waals surface area contributed by atoms with Crippen LogP contribution in [0.4, 0.5) is 0 Å². The highest BCUT2D eigenvalue weighted by Crippen LogP contribution is 2.36. The first-order valence-electron chi connectivity index (χ1n) is 6.77. The van der Waals surface area contributed by atoms with E-state index >= 15 is 0 Å². The summed E-state index contributed by atoms with van der Waals surface area (Å²) in [7, 11) is 0. The van der Waals surface area contributed by atoms with E-state index in [0.717, 1.165) is 23.6 Å². The smallest absolute Gasteiger partial charge is 0.0438 e. The predicted molar refractivity (Wildman–Crippen MR) is 81.4 cm³/mol. The molecule has 0 aromatic heterocycles. The van der Waals surface area contributed by atoms with Gasteiger partial charge < -0.3 is 5.32 Å². The van der Waals surface area contributed by atoms with Crippen LogP contribution in [0.1, 0.15) is 56.8 Å². The summed E-state index contributed by atoms with van der Waals surface area (Å²) in [5, 5.41) is 4.53. The van der Waals surface area contributed by atoms with Crippen molar-refractivity contribution in [3.8, 4) is 0 Å². The Labute approximate surface area is 117 Å². The molecule has 102 valence electrons. The second kappa shape index (κ2) is 6.08. The molecule has 1 N–H and O–H groups in total. The van der Waals surface area contributed by atoms with Gasteiger partial charge in [0.2, 0.25) is 0 Å². The molecule has 0 heterocycles. The predicted octanol–water partition coefficient (Wildman–Crippen LogP) is 5.04. The molecule has 0 amide bonds. The summed E-state index contributed by atoms with van der Waals surface area (Å²) >= 11 is 6.19. The molecule has 0 spiro atoms. The van der Waals surface area contributed by atoms with E-state index in [0.29, 0.717) is 6.04 Å². The molecule has 1 aromatic rings. The van der Waals surface area contributed by atoms with Crippen molar-refractivity contribution in [2.75, 3.05) is 6.54 Å². The van der Waals surface area contributed by atoms with Crippen molar-refractivity contribution in [1.82, 2.24) is 5.32 Å². The molecule has 2 heteroatoms. The third-order valence-corrected chi connectivity index (χ3v) is 3.73. The van der Waals surface area contributed by atoms with Crippen molar-refractivity contribution >= 4 is 11.6 Å². The summed E-state index contributed by atoms with van der Waals surface area (Å²) in [4.78, 5) is 0. The van der Waals surface area contributed by atoms with Crippen LogP contribution in [0, 0.1) is 19.3 Å². The van der Waals surface area contributed by atoms with E-state index in [1.165, 1.54) is 11.1 Å². The van der Waals surface area contributed by atoms with E-state index in [2.05, 4.69) is 59.0 Å². The number of benzene rings is 1. The summed E-state index contributed by atoms with van der Waals surface area (Å²) in [5.74, 6) is 0. The molecule has 0 bridgehead atoms. The van der Waals surface area contributed by atoms with Gasteiger partial charge in [-0.2, -0.15) is 0 Å². The van der Waals surface area contributed by atoms with Crippen LogP contribution in [-0.2, 0) is 0 Å². The van der Waals surface area contributed by atoms with Gasteiger partial charge in [0.15, 0.2) is 0 Å². The Kier molecular flexibility index (Phi) is 5.24. The molecule has 1 nitrogen and oxygen atoms in total. The van der Waals surface area contributed by atoms with Crippen molar-refractivity contribution in [2.45, 2.75) is 54.0 Å². The second-order valence-corrected chi connectivity index (χ2v) is 6.62. The van der Waals surface area contributed by atoms with Gasteiger partial charge in [-0.05, 0) is 55.0 Å². The fourth-order valence-electron chi connectivity index (χ4n) is 2.29. The fourth-order valence-corrected chi connectivity index (χ4v) is 2.50. The van der Waals surface area contributed by atoms with E-state index in [9.17, 15) is 0 Å². The molecule has 0 fully saturated rings. The summed E-state index contributed by atoms with van der Waals surface area (Å²) in [6.45, 7) is 14.3. The summed E-state index contributed by atoms with van der Waals surface area (Å²) in [6.07, 6.45) is 1.15. The Morgan fingerprint density at radius 1 is 1.17 bits per heavy atom. The van der Waals surface area contributed by atoms with Crippen molar-refractivity contribution in [1.29, 1.82) is 0 Å². The molecular weight excluding hydrogens is 242 g/mol. The maximum atomic E-state index is 6.19. The zero-order chi connectivity index (χ0) is 13.9. The fraction of sp³-hybridized carbons (Fsp3) is 0.625. The third kappa shape index (κ3) is 3.73. The maximum Gasteiger partial charge on any atom is 0.0438 e. The van der Waals surface area contributed by atoms with Gasteiger partial charge in [-0.3, -0.25) is 0 Å². The quantitative estimate of drug-likeness (QED) is 0.806. The number of aryl methyl sites for hydroxylation is 2. The average Bonchev–Trinajstić information content (AvgIpc) is 2.24. The highest BCUT2D eigenvalue weighted by atomic mass is 35.5. The van der Waals surface area contributed by atoms with E-state index in [-0.39, 0.29) is 5.41 Å². The van der Waals surface area contributed by atoms with Crippen molar-refractivity contribution in [3.05, 3.63) is 33.8 Å². The molecule has 0 saturated carbocycles.